The van der Waals surface area contributed by atoms with Crippen molar-refractivity contribution in [2.75, 3.05) is 30.2 Å². The van der Waals surface area contributed by atoms with Gasteiger partial charge in [-0.05, 0) is 54.1 Å². The molecule has 0 unspecified atom stereocenters. The van der Waals surface area contributed by atoms with E-state index in [0.29, 0.717) is 34.1 Å². The molecule has 0 bridgehead atoms. The Hall–Kier alpha value is -4.46. The van der Waals surface area contributed by atoms with E-state index >= 15 is 0 Å². The van der Waals surface area contributed by atoms with Crippen molar-refractivity contribution in [3.63, 3.8) is 0 Å². The first-order valence-electron chi connectivity index (χ1n) is 9.73. The van der Waals surface area contributed by atoms with E-state index in [1.165, 1.54) is 12.1 Å². The first-order chi connectivity index (χ1) is 15.5. The predicted octanol–water partition coefficient (Wildman–Crippen LogP) is 4.55. The average molecular weight is 431 g/mol. The fourth-order valence-corrected chi connectivity index (χ4v) is 3.33. The Balaban J connectivity index is 1.49. The third kappa shape index (κ3) is 4.34. The zero-order valence-electron chi connectivity index (χ0n) is 17.4. The molecule has 8 heteroatoms. The Morgan fingerprint density at radius 2 is 1.47 bits per heavy atom. The molecule has 8 nitrogen and oxygen atoms in total. The van der Waals surface area contributed by atoms with Crippen LogP contribution >= 0.6 is 0 Å². The second-order valence-electron chi connectivity index (χ2n) is 7.01. The topological polar surface area (TPSA) is 109 Å². The van der Waals surface area contributed by atoms with Gasteiger partial charge in [0.15, 0.2) is 11.5 Å². The molecule has 1 heterocycles. The molecule has 3 amide bonds. The van der Waals surface area contributed by atoms with Crippen LogP contribution < -0.4 is 25.4 Å². The van der Waals surface area contributed by atoms with Crippen LogP contribution in [0.2, 0.25) is 0 Å². The summed E-state index contributed by atoms with van der Waals surface area (Å²) in [5.41, 5.74) is 3.82. The fourth-order valence-electron chi connectivity index (χ4n) is 3.33. The third-order valence-corrected chi connectivity index (χ3v) is 4.91. The maximum Gasteiger partial charge on any atom is 0.323 e. The lowest BCUT2D eigenvalue weighted by Crippen LogP contribution is -2.19. The molecule has 0 atom stereocenters. The van der Waals surface area contributed by atoms with Crippen molar-refractivity contribution >= 4 is 40.6 Å². The van der Waals surface area contributed by atoms with Crippen molar-refractivity contribution in [2.24, 2.45) is 0 Å². The van der Waals surface area contributed by atoms with Crippen LogP contribution in [0.15, 0.2) is 60.7 Å². The first-order valence-corrected chi connectivity index (χ1v) is 9.73. The van der Waals surface area contributed by atoms with Gasteiger partial charge in [0, 0.05) is 28.6 Å². The molecule has 3 aromatic carbocycles. The quantitative estimate of drug-likeness (QED) is 0.350. The molecule has 0 saturated carbocycles. The summed E-state index contributed by atoms with van der Waals surface area (Å²) >= 11 is 0. The predicted molar refractivity (Wildman–Crippen MR) is 123 cm³/mol. The summed E-state index contributed by atoms with van der Waals surface area (Å²) in [7, 11) is 3.08. The number of carbonyl (C=O) groups is 2. The summed E-state index contributed by atoms with van der Waals surface area (Å²) in [6, 6.07) is 16.3. The van der Waals surface area contributed by atoms with E-state index in [0.717, 1.165) is 11.1 Å². The van der Waals surface area contributed by atoms with Crippen LogP contribution in [0.1, 0.15) is 11.1 Å². The van der Waals surface area contributed by atoms with Gasteiger partial charge < -0.3 is 30.5 Å². The zero-order valence-corrected chi connectivity index (χ0v) is 17.4. The van der Waals surface area contributed by atoms with E-state index in [-0.39, 0.29) is 11.7 Å². The van der Waals surface area contributed by atoms with Crippen LogP contribution in [-0.4, -0.2) is 31.3 Å². The van der Waals surface area contributed by atoms with E-state index in [4.69, 9.17) is 9.47 Å². The first kappa shape index (κ1) is 20.8. The van der Waals surface area contributed by atoms with Crippen molar-refractivity contribution in [1.82, 2.24) is 0 Å². The molecule has 0 fully saturated rings. The number of fused-ring (bicyclic) bond motifs is 1. The molecule has 0 radical (unpaired) electrons. The van der Waals surface area contributed by atoms with E-state index in [1.807, 2.05) is 0 Å². The summed E-state index contributed by atoms with van der Waals surface area (Å²) in [5, 5.41) is 17.6. The average Bonchev–Trinajstić information content (AvgIpc) is 3.09. The van der Waals surface area contributed by atoms with Crippen LogP contribution in [0.25, 0.3) is 11.6 Å². The number of anilines is 3. The second-order valence-corrected chi connectivity index (χ2v) is 7.01. The van der Waals surface area contributed by atoms with Gasteiger partial charge in [0.25, 0.3) is 5.91 Å². The van der Waals surface area contributed by atoms with Gasteiger partial charge in [0.2, 0.25) is 0 Å². The molecular formula is C24H21N3O5. The highest BCUT2D eigenvalue weighted by Gasteiger charge is 2.26. The molecular weight excluding hydrogens is 410 g/mol. The highest BCUT2D eigenvalue weighted by Crippen LogP contribution is 2.41. The largest absolute Gasteiger partial charge is 0.508 e. The normalized spacial score (nSPS) is 13.3. The van der Waals surface area contributed by atoms with Crippen molar-refractivity contribution in [1.29, 1.82) is 0 Å². The summed E-state index contributed by atoms with van der Waals surface area (Å²) in [4.78, 5) is 24.7. The minimum atomic E-state index is -0.410. The Labute approximate surface area is 184 Å². The minimum absolute atomic E-state index is 0.122. The van der Waals surface area contributed by atoms with E-state index < -0.39 is 6.03 Å². The number of aromatic hydroxyl groups is 1. The number of methoxy groups -OCH3 is 2. The van der Waals surface area contributed by atoms with Gasteiger partial charge in [-0.15, -0.1) is 0 Å². The summed E-state index contributed by atoms with van der Waals surface area (Å²) in [5.74, 6) is 0.976. The number of nitrogens with one attached hydrogen (secondary N) is 3. The van der Waals surface area contributed by atoms with Gasteiger partial charge >= 0.3 is 6.03 Å². The molecule has 0 saturated heterocycles. The zero-order chi connectivity index (χ0) is 22.7. The minimum Gasteiger partial charge on any atom is -0.508 e. The monoisotopic (exact) mass is 431 g/mol. The molecule has 3 aromatic rings. The number of rotatable bonds is 5. The number of carbonyl (C=O) groups excluding carboxylic acids is 2. The van der Waals surface area contributed by atoms with Gasteiger partial charge in [-0.1, -0.05) is 12.1 Å². The molecule has 4 N–H and O–H groups in total. The standard InChI is InChI=1S/C24H21N3O5/c1-31-21-12-18-19(23(29)27-20(18)13-22(21)32-2)11-14-3-5-15(6-4-14)25-24(30)26-16-7-9-17(28)10-8-16/h3-13,28H,1-2H3,(H,27,29)(H2,25,26,30)/b19-11+. The lowest BCUT2D eigenvalue weighted by molar-refractivity contribution is -0.110. The van der Waals surface area contributed by atoms with Crippen LogP contribution in [0.5, 0.6) is 17.2 Å². The van der Waals surface area contributed by atoms with Crippen LogP contribution in [0.4, 0.5) is 21.9 Å². The number of benzene rings is 3. The van der Waals surface area contributed by atoms with E-state index in [1.54, 1.807) is 68.8 Å². The Morgan fingerprint density at radius 3 is 2.06 bits per heavy atom. The third-order valence-electron chi connectivity index (χ3n) is 4.91. The SMILES string of the molecule is COc1cc2c(cc1OC)/C(=C\c1ccc(NC(=O)Nc3ccc(O)cc3)cc1)C(=O)N2. The summed E-state index contributed by atoms with van der Waals surface area (Å²) < 4.78 is 10.6. The lowest BCUT2D eigenvalue weighted by Gasteiger charge is -2.09. The molecule has 32 heavy (non-hydrogen) atoms. The molecule has 0 spiro atoms. The molecule has 0 aliphatic carbocycles. The summed E-state index contributed by atoms with van der Waals surface area (Å²) in [6.45, 7) is 0. The van der Waals surface area contributed by atoms with E-state index in [2.05, 4.69) is 16.0 Å². The van der Waals surface area contributed by atoms with Crippen LogP contribution in [-0.2, 0) is 4.79 Å². The smallest absolute Gasteiger partial charge is 0.323 e. The lowest BCUT2D eigenvalue weighted by atomic mass is 10.0. The maximum absolute atomic E-state index is 12.5. The number of hydrogen-bond acceptors (Lipinski definition) is 5. The number of phenols is 1. The van der Waals surface area contributed by atoms with Gasteiger partial charge in [-0.3, -0.25) is 4.79 Å². The van der Waals surface area contributed by atoms with Crippen molar-refractivity contribution in [2.45, 2.75) is 0 Å². The van der Waals surface area contributed by atoms with Crippen molar-refractivity contribution in [3.05, 3.63) is 71.8 Å². The van der Waals surface area contributed by atoms with Gasteiger partial charge in [0.1, 0.15) is 5.75 Å². The number of ether oxygens (including phenoxy) is 2. The van der Waals surface area contributed by atoms with Crippen LogP contribution in [0.3, 0.4) is 0 Å². The molecule has 0 aromatic heterocycles. The van der Waals surface area contributed by atoms with E-state index in [9.17, 15) is 14.7 Å². The Bertz CT molecular complexity index is 1200. The number of hydrogen-bond donors (Lipinski definition) is 4. The maximum atomic E-state index is 12.5. The highest BCUT2D eigenvalue weighted by atomic mass is 16.5. The van der Waals surface area contributed by atoms with Gasteiger partial charge in [0.05, 0.1) is 19.9 Å². The molecule has 1 aliphatic rings. The molecule has 162 valence electrons. The number of urea groups is 1. The van der Waals surface area contributed by atoms with Crippen LogP contribution in [0, 0.1) is 0 Å². The molecule has 1 aliphatic heterocycles. The highest BCUT2D eigenvalue weighted by molar-refractivity contribution is 6.35. The Morgan fingerprint density at radius 1 is 0.906 bits per heavy atom. The van der Waals surface area contributed by atoms with Crippen molar-refractivity contribution in [3.8, 4) is 17.2 Å². The summed E-state index contributed by atoms with van der Waals surface area (Å²) in [6.07, 6.45) is 1.77. The number of phenolic OH excluding ortho intramolecular Hbond substituents is 1. The number of amides is 3. The second kappa shape index (κ2) is 8.73. The Kier molecular flexibility index (Phi) is 5.67. The molecule has 4 rings (SSSR count). The van der Waals surface area contributed by atoms with Gasteiger partial charge in [-0.2, -0.15) is 0 Å². The van der Waals surface area contributed by atoms with Crippen molar-refractivity contribution < 1.29 is 24.2 Å². The fraction of sp³-hybridized carbons (Fsp3) is 0.0833. The van der Waals surface area contributed by atoms with Gasteiger partial charge in [-0.25, -0.2) is 4.79 Å².